The van der Waals surface area contributed by atoms with Gasteiger partial charge in [0.2, 0.25) is 0 Å². The molecule has 1 aromatic heterocycles. The Balaban J connectivity index is 1.99. The summed E-state index contributed by atoms with van der Waals surface area (Å²) in [6.45, 7) is 8.82. The van der Waals surface area contributed by atoms with E-state index in [0.717, 1.165) is 26.2 Å². The number of hydrogen-bond donors (Lipinski definition) is 1. The zero-order valence-corrected chi connectivity index (χ0v) is 9.60. The highest BCUT2D eigenvalue weighted by atomic mass is 32.1. The third-order valence-corrected chi connectivity index (χ3v) is 3.75. The van der Waals surface area contributed by atoms with Crippen LogP contribution in [-0.2, 0) is 6.54 Å². The van der Waals surface area contributed by atoms with Gasteiger partial charge in [-0.2, -0.15) is 0 Å². The van der Waals surface area contributed by atoms with E-state index >= 15 is 0 Å². The molecule has 2 heterocycles. The summed E-state index contributed by atoms with van der Waals surface area (Å²) in [7, 11) is 0. The molecular weight excluding hydrogens is 194 g/mol. The Labute approximate surface area is 89.1 Å². The monoisotopic (exact) mass is 211 g/mol. The molecule has 2 rings (SSSR count). The van der Waals surface area contributed by atoms with Crippen LogP contribution in [0.3, 0.4) is 0 Å². The third-order valence-electron chi connectivity index (χ3n) is 2.83. The first-order chi connectivity index (χ1) is 6.77. The zero-order chi connectivity index (χ0) is 9.97. The Bertz CT molecular complexity index is 297. The number of nitrogens with one attached hydrogen (secondary N) is 1. The van der Waals surface area contributed by atoms with Crippen molar-refractivity contribution in [3.8, 4) is 0 Å². The summed E-state index contributed by atoms with van der Waals surface area (Å²) < 4.78 is 0. The standard InChI is InChI=1S/C10H17N3S/c1-8-5-11-3-4-13(8)6-10-9(2)12-7-14-10/h7-8,11H,3-6H2,1-2H3. The van der Waals surface area contributed by atoms with Gasteiger partial charge in [-0.15, -0.1) is 11.3 Å². The van der Waals surface area contributed by atoms with Crippen LogP contribution < -0.4 is 5.32 Å². The summed E-state index contributed by atoms with van der Waals surface area (Å²) in [5.74, 6) is 0. The van der Waals surface area contributed by atoms with Crippen molar-refractivity contribution in [1.29, 1.82) is 0 Å². The van der Waals surface area contributed by atoms with Gasteiger partial charge in [0, 0.05) is 37.1 Å². The van der Waals surface area contributed by atoms with Crippen LogP contribution in [0.5, 0.6) is 0 Å². The van der Waals surface area contributed by atoms with E-state index in [2.05, 4.69) is 29.0 Å². The molecule has 0 saturated carbocycles. The van der Waals surface area contributed by atoms with E-state index in [9.17, 15) is 0 Å². The van der Waals surface area contributed by atoms with Crippen molar-refractivity contribution < 1.29 is 0 Å². The van der Waals surface area contributed by atoms with Crippen molar-refractivity contribution in [3.05, 3.63) is 16.1 Å². The van der Waals surface area contributed by atoms with Crippen molar-refractivity contribution in [1.82, 2.24) is 15.2 Å². The van der Waals surface area contributed by atoms with Crippen LogP contribution in [0, 0.1) is 6.92 Å². The molecule has 0 spiro atoms. The summed E-state index contributed by atoms with van der Waals surface area (Å²) in [6.07, 6.45) is 0. The fourth-order valence-electron chi connectivity index (χ4n) is 1.78. The molecule has 0 aromatic carbocycles. The lowest BCUT2D eigenvalue weighted by atomic mass is 10.2. The van der Waals surface area contributed by atoms with E-state index in [-0.39, 0.29) is 0 Å². The second-order valence-corrected chi connectivity index (χ2v) is 4.82. The lowest BCUT2D eigenvalue weighted by Crippen LogP contribution is -2.49. The van der Waals surface area contributed by atoms with Gasteiger partial charge in [0.05, 0.1) is 11.2 Å². The van der Waals surface area contributed by atoms with Crippen LogP contribution in [0.15, 0.2) is 5.51 Å². The molecule has 1 atom stereocenters. The lowest BCUT2D eigenvalue weighted by molar-refractivity contribution is 0.167. The van der Waals surface area contributed by atoms with E-state index in [4.69, 9.17) is 0 Å². The Kier molecular flexibility index (Phi) is 3.15. The minimum Gasteiger partial charge on any atom is -0.314 e. The maximum Gasteiger partial charge on any atom is 0.0798 e. The van der Waals surface area contributed by atoms with Crippen LogP contribution in [0.25, 0.3) is 0 Å². The van der Waals surface area contributed by atoms with Crippen molar-refractivity contribution >= 4 is 11.3 Å². The number of aromatic nitrogens is 1. The zero-order valence-electron chi connectivity index (χ0n) is 8.79. The van der Waals surface area contributed by atoms with Gasteiger partial charge in [-0.3, -0.25) is 4.90 Å². The van der Waals surface area contributed by atoms with Crippen LogP contribution in [0.1, 0.15) is 17.5 Å². The topological polar surface area (TPSA) is 28.2 Å². The molecular formula is C10H17N3S. The van der Waals surface area contributed by atoms with Gasteiger partial charge in [-0.05, 0) is 13.8 Å². The molecule has 1 unspecified atom stereocenters. The Morgan fingerprint density at radius 1 is 1.71 bits per heavy atom. The normalized spacial score (nSPS) is 24.0. The van der Waals surface area contributed by atoms with E-state index in [0.29, 0.717) is 6.04 Å². The van der Waals surface area contributed by atoms with Crippen LogP contribution >= 0.6 is 11.3 Å². The molecule has 0 bridgehead atoms. The van der Waals surface area contributed by atoms with Gasteiger partial charge in [0.15, 0.2) is 0 Å². The predicted molar refractivity (Wildman–Crippen MR) is 59.6 cm³/mol. The van der Waals surface area contributed by atoms with E-state index < -0.39 is 0 Å². The van der Waals surface area contributed by atoms with Gasteiger partial charge in [0.25, 0.3) is 0 Å². The van der Waals surface area contributed by atoms with Crippen molar-refractivity contribution in [2.24, 2.45) is 0 Å². The summed E-state index contributed by atoms with van der Waals surface area (Å²) in [5.41, 5.74) is 3.14. The first-order valence-electron chi connectivity index (χ1n) is 5.11. The fraction of sp³-hybridized carbons (Fsp3) is 0.700. The average molecular weight is 211 g/mol. The first-order valence-corrected chi connectivity index (χ1v) is 5.99. The van der Waals surface area contributed by atoms with Crippen LogP contribution in [0.2, 0.25) is 0 Å². The molecule has 4 heteroatoms. The van der Waals surface area contributed by atoms with Gasteiger partial charge in [0.1, 0.15) is 0 Å². The molecule has 0 amide bonds. The quantitative estimate of drug-likeness (QED) is 0.798. The summed E-state index contributed by atoms with van der Waals surface area (Å²) in [6, 6.07) is 0.644. The maximum absolute atomic E-state index is 4.28. The summed E-state index contributed by atoms with van der Waals surface area (Å²) in [4.78, 5) is 8.22. The van der Waals surface area contributed by atoms with Gasteiger partial charge in [-0.25, -0.2) is 4.98 Å². The summed E-state index contributed by atoms with van der Waals surface area (Å²) >= 11 is 1.77. The molecule has 1 fully saturated rings. The molecule has 0 radical (unpaired) electrons. The molecule has 14 heavy (non-hydrogen) atoms. The highest BCUT2D eigenvalue weighted by Crippen LogP contribution is 2.16. The van der Waals surface area contributed by atoms with E-state index in [1.165, 1.54) is 10.6 Å². The van der Waals surface area contributed by atoms with Gasteiger partial charge in [-0.1, -0.05) is 0 Å². The van der Waals surface area contributed by atoms with Crippen molar-refractivity contribution in [2.45, 2.75) is 26.4 Å². The number of thiazole rings is 1. The largest absolute Gasteiger partial charge is 0.314 e. The second kappa shape index (κ2) is 4.38. The smallest absolute Gasteiger partial charge is 0.0798 e. The highest BCUT2D eigenvalue weighted by molar-refractivity contribution is 7.09. The predicted octanol–water partition coefficient (Wildman–Crippen LogP) is 1.25. The minimum absolute atomic E-state index is 0.644. The average Bonchev–Trinajstić information content (AvgIpc) is 2.56. The molecule has 78 valence electrons. The highest BCUT2D eigenvalue weighted by Gasteiger charge is 2.18. The van der Waals surface area contributed by atoms with E-state index in [1.807, 2.05) is 5.51 Å². The number of nitrogens with zero attached hydrogens (tertiary/aromatic N) is 2. The molecule has 0 aliphatic carbocycles. The lowest BCUT2D eigenvalue weighted by Gasteiger charge is -2.33. The Hall–Kier alpha value is -0.450. The third kappa shape index (κ3) is 2.13. The molecule has 1 aliphatic rings. The van der Waals surface area contributed by atoms with Gasteiger partial charge >= 0.3 is 0 Å². The number of hydrogen-bond acceptors (Lipinski definition) is 4. The van der Waals surface area contributed by atoms with Crippen molar-refractivity contribution in [3.63, 3.8) is 0 Å². The number of piperazine rings is 1. The molecule has 1 N–H and O–H groups in total. The molecule has 1 saturated heterocycles. The fourth-order valence-corrected chi connectivity index (χ4v) is 2.58. The number of rotatable bonds is 2. The second-order valence-electron chi connectivity index (χ2n) is 3.88. The Morgan fingerprint density at radius 3 is 3.21 bits per heavy atom. The van der Waals surface area contributed by atoms with Crippen molar-refractivity contribution in [2.75, 3.05) is 19.6 Å². The SMILES string of the molecule is Cc1ncsc1CN1CCNCC1C. The Morgan fingerprint density at radius 2 is 2.57 bits per heavy atom. The van der Waals surface area contributed by atoms with Crippen LogP contribution in [0.4, 0.5) is 0 Å². The summed E-state index contributed by atoms with van der Waals surface area (Å²) in [5, 5.41) is 3.40. The number of aryl methyl sites for hydroxylation is 1. The van der Waals surface area contributed by atoms with Gasteiger partial charge < -0.3 is 5.32 Å². The molecule has 3 nitrogen and oxygen atoms in total. The van der Waals surface area contributed by atoms with Crippen LogP contribution in [-0.4, -0.2) is 35.6 Å². The molecule has 1 aliphatic heterocycles. The minimum atomic E-state index is 0.644. The first kappa shape index (κ1) is 10.1. The molecule has 1 aromatic rings. The van der Waals surface area contributed by atoms with E-state index in [1.54, 1.807) is 11.3 Å². The maximum atomic E-state index is 4.28.